The van der Waals surface area contributed by atoms with Crippen molar-refractivity contribution >= 4 is 46.5 Å². The molecule has 1 aliphatic heterocycles. The Morgan fingerprint density at radius 2 is 1.68 bits per heavy atom. The standard InChI is InChI=1S/C35H34Cl2F2N4O4/c1-34(2,3)16-27-35(24-13-9-20(36)15-26(24)38,18-41-22-12-14-28(44)40-17-22)29(23-5-4-6-25(37)30(23)39)31(43-27)32(45)42-21-10-7-19(8-11-21)33(46)47/h4-15,17,27,29,31,41,43H,16,18H2,1-3H3,(H,40,44)(H,42,45)(H,46,47)/t27-,29-,31+,35-/m0/s1. The van der Waals surface area contributed by atoms with Crippen molar-refractivity contribution in [3.8, 4) is 0 Å². The number of benzene rings is 3. The fourth-order valence-electron chi connectivity index (χ4n) is 6.51. The number of carboxylic acid groups (broad SMARTS) is 1. The van der Waals surface area contributed by atoms with Crippen molar-refractivity contribution in [2.75, 3.05) is 17.2 Å². The van der Waals surface area contributed by atoms with Crippen molar-refractivity contribution < 1.29 is 23.5 Å². The number of nitrogens with one attached hydrogen (secondary N) is 4. The number of hydrogen-bond acceptors (Lipinski definition) is 5. The van der Waals surface area contributed by atoms with E-state index in [1.54, 1.807) is 24.3 Å². The molecule has 2 heterocycles. The lowest BCUT2D eigenvalue weighted by atomic mass is 9.61. The lowest BCUT2D eigenvalue weighted by molar-refractivity contribution is -0.118. The number of anilines is 2. The molecule has 0 bridgehead atoms. The lowest BCUT2D eigenvalue weighted by Gasteiger charge is -2.43. The summed E-state index contributed by atoms with van der Waals surface area (Å²) >= 11 is 12.5. The van der Waals surface area contributed by atoms with Crippen molar-refractivity contribution in [2.24, 2.45) is 5.41 Å². The third kappa shape index (κ3) is 7.20. The van der Waals surface area contributed by atoms with Crippen molar-refractivity contribution in [3.05, 3.63) is 128 Å². The van der Waals surface area contributed by atoms with Crippen LogP contribution < -0.4 is 21.5 Å². The Bertz CT molecular complexity index is 1840. The van der Waals surface area contributed by atoms with E-state index in [-0.39, 0.29) is 44.3 Å². The predicted molar refractivity (Wildman–Crippen MR) is 180 cm³/mol. The zero-order valence-electron chi connectivity index (χ0n) is 25.8. The summed E-state index contributed by atoms with van der Waals surface area (Å²) in [5.41, 5.74) is -0.833. The number of H-pyrrole nitrogens is 1. The second-order valence-corrected chi connectivity index (χ2v) is 13.8. The van der Waals surface area contributed by atoms with E-state index in [2.05, 4.69) is 20.9 Å². The van der Waals surface area contributed by atoms with Crippen LogP contribution in [0.5, 0.6) is 0 Å². The van der Waals surface area contributed by atoms with Crippen LogP contribution in [0, 0.1) is 17.0 Å². The molecule has 8 nitrogen and oxygen atoms in total. The molecule has 1 fully saturated rings. The summed E-state index contributed by atoms with van der Waals surface area (Å²) in [4.78, 5) is 40.1. The molecule has 4 atom stereocenters. The molecule has 0 saturated carbocycles. The summed E-state index contributed by atoms with van der Waals surface area (Å²) in [6.07, 6.45) is 1.91. The van der Waals surface area contributed by atoms with Crippen LogP contribution >= 0.6 is 23.2 Å². The van der Waals surface area contributed by atoms with Gasteiger partial charge in [0.05, 0.1) is 22.3 Å². The van der Waals surface area contributed by atoms with E-state index in [1.807, 2.05) is 20.8 Å². The molecule has 0 spiro atoms. The molecule has 12 heteroatoms. The normalized spacial score (nSPS) is 21.0. The summed E-state index contributed by atoms with van der Waals surface area (Å²) in [5, 5.41) is 18.9. The second-order valence-electron chi connectivity index (χ2n) is 12.9. The van der Waals surface area contributed by atoms with E-state index in [0.717, 1.165) is 0 Å². The molecule has 246 valence electrons. The van der Waals surface area contributed by atoms with Gasteiger partial charge in [0, 0.05) is 46.9 Å². The molecule has 1 aromatic heterocycles. The Morgan fingerprint density at radius 1 is 0.979 bits per heavy atom. The van der Waals surface area contributed by atoms with E-state index < -0.39 is 46.9 Å². The Morgan fingerprint density at radius 3 is 2.30 bits per heavy atom. The van der Waals surface area contributed by atoms with Gasteiger partial charge >= 0.3 is 5.97 Å². The molecule has 3 aromatic carbocycles. The molecule has 0 aliphatic carbocycles. The van der Waals surface area contributed by atoms with Crippen LogP contribution in [0.2, 0.25) is 10.0 Å². The SMILES string of the molecule is CC(C)(C)C[C@@H]1N[C@@H](C(=O)Nc2ccc(C(=O)O)cc2)[C@H](c2cccc(Cl)c2F)[C@@]1(CNc1ccc(=O)[nH]c1)c1ccc(Cl)cc1F. The highest BCUT2D eigenvalue weighted by molar-refractivity contribution is 6.31. The van der Waals surface area contributed by atoms with Crippen molar-refractivity contribution in [1.82, 2.24) is 10.3 Å². The number of aromatic amines is 1. The molecule has 0 unspecified atom stereocenters. The maximum atomic E-state index is 16.3. The molecule has 5 N–H and O–H groups in total. The highest BCUT2D eigenvalue weighted by Crippen LogP contribution is 2.53. The van der Waals surface area contributed by atoms with Crippen molar-refractivity contribution in [3.63, 3.8) is 0 Å². The first kappa shape index (κ1) is 34.1. The van der Waals surface area contributed by atoms with Crippen LogP contribution in [0.3, 0.4) is 0 Å². The smallest absolute Gasteiger partial charge is 0.335 e. The minimum absolute atomic E-state index is 0.000941. The number of carbonyl (C=O) groups is 2. The maximum absolute atomic E-state index is 16.3. The van der Waals surface area contributed by atoms with Crippen LogP contribution in [-0.2, 0) is 10.2 Å². The van der Waals surface area contributed by atoms with Crippen molar-refractivity contribution in [1.29, 1.82) is 0 Å². The van der Waals surface area contributed by atoms with Gasteiger partial charge in [-0.25, -0.2) is 13.6 Å². The molecule has 47 heavy (non-hydrogen) atoms. The fourth-order valence-corrected chi connectivity index (χ4v) is 6.85. The topological polar surface area (TPSA) is 123 Å². The van der Waals surface area contributed by atoms with Crippen LogP contribution in [0.15, 0.2) is 83.8 Å². The Labute approximate surface area is 280 Å². The van der Waals surface area contributed by atoms with Gasteiger partial charge in [0.2, 0.25) is 11.5 Å². The summed E-state index contributed by atoms with van der Waals surface area (Å²) in [6.45, 7) is 6.04. The molecule has 1 amide bonds. The van der Waals surface area contributed by atoms with Gasteiger partial charge in [-0.3, -0.25) is 9.59 Å². The maximum Gasteiger partial charge on any atom is 0.335 e. The molecule has 0 radical (unpaired) electrons. The third-order valence-electron chi connectivity index (χ3n) is 8.51. The monoisotopic (exact) mass is 682 g/mol. The predicted octanol–water partition coefficient (Wildman–Crippen LogP) is 7.21. The van der Waals surface area contributed by atoms with Gasteiger partial charge in [-0.05, 0) is 71.5 Å². The van der Waals surface area contributed by atoms with E-state index >= 15 is 8.78 Å². The lowest BCUT2D eigenvalue weighted by Crippen LogP contribution is -2.50. The van der Waals surface area contributed by atoms with Crippen molar-refractivity contribution in [2.45, 2.75) is 50.6 Å². The number of pyridine rings is 1. The first-order valence-electron chi connectivity index (χ1n) is 14.9. The van der Waals surface area contributed by atoms with Gasteiger partial charge in [-0.1, -0.05) is 62.2 Å². The quantitative estimate of drug-likeness (QED) is 0.127. The summed E-state index contributed by atoms with van der Waals surface area (Å²) in [6, 6.07) is 15.6. The number of aromatic carboxylic acids is 1. The fraction of sp³-hybridized carbons (Fsp3) is 0.286. The highest BCUT2D eigenvalue weighted by atomic mass is 35.5. The summed E-state index contributed by atoms with van der Waals surface area (Å²) in [5.74, 6) is -4.09. The van der Waals surface area contributed by atoms with Crippen LogP contribution in [0.25, 0.3) is 0 Å². The number of amides is 1. The first-order valence-corrected chi connectivity index (χ1v) is 15.7. The second kappa shape index (κ2) is 13.5. The number of aromatic nitrogens is 1. The third-order valence-corrected chi connectivity index (χ3v) is 9.03. The number of carbonyl (C=O) groups excluding carboxylic acids is 1. The van der Waals surface area contributed by atoms with Crippen LogP contribution in [-0.4, -0.2) is 40.6 Å². The van der Waals surface area contributed by atoms with E-state index in [0.29, 0.717) is 17.8 Å². The van der Waals surface area contributed by atoms with E-state index in [9.17, 15) is 19.5 Å². The van der Waals surface area contributed by atoms with Crippen LogP contribution in [0.1, 0.15) is 54.6 Å². The van der Waals surface area contributed by atoms with Gasteiger partial charge in [-0.2, -0.15) is 0 Å². The van der Waals surface area contributed by atoms with Gasteiger partial charge in [0.25, 0.3) is 0 Å². The Hall–Kier alpha value is -4.25. The highest BCUT2D eigenvalue weighted by Gasteiger charge is 2.60. The molecular weight excluding hydrogens is 649 g/mol. The van der Waals surface area contributed by atoms with Gasteiger partial charge in [-0.15, -0.1) is 0 Å². The van der Waals surface area contributed by atoms with Crippen LogP contribution in [0.4, 0.5) is 20.2 Å². The molecule has 1 saturated heterocycles. The molecule has 5 rings (SSSR count). The first-order chi connectivity index (χ1) is 22.2. The Kier molecular flexibility index (Phi) is 9.77. The molecule has 1 aliphatic rings. The van der Waals surface area contributed by atoms with Gasteiger partial charge < -0.3 is 26.0 Å². The molecular formula is C35H34Cl2F2N4O4. The number of hydrogen-bond donors (Lipinski definition) is 5. The van der Waals surface area contributed by atoms with Gasteiger partial charge in [0.1, 0.15) is 11.6 Å². The van der Waals surface area contributed by atoms with E-state index in [1.165, 1.54) is 54.7 Å². The minimum atomic E-state index is -1.35. The minimum Gasteiger partial charge on any atom is -0.478 e. The number of carboxylic acids is 1. The number of halogens is 4. The zero-order chi connectivity index (χ0) is 34.1. The Balaban J connectivity index is 1.74. The van der Waals surface area contributed by atoms with Gasteiger partial charge in [0.15, 0.2) is 0 Å². The largest absolute Gasteiger partial charge is 0.478 e. The van der Waals surface area contributed by atoms with E-state index in [4.69, 9.17) is 23.2 Å². The zero-order valence-corrected chi connectivity index (χ0v) is 27.3. The average molecular weight is 684 g/mol. The summed E-state index contributed by atoms with van der Waals surface area (Å²) in [7, 11) is 0. The average Bonchev–Trinajstić information content (AvgIpc) is 3.31. The molecule has 4 aromatic rings. The summed E-state index contributed by atoms with van der Waals surface area (Å²) < 4.78 is 32.5. The number of rotatable bonds is 9.